The smallest absolute Gasteiger partial charge is 0.0355 e. The van der Waals surface area contributed by atoms with Gasteiger partial charge in [-0.1, -0.05) is 71.4 Å². The molecule has 0 amide bonds. The van der Waals surface area contributed by atoms with E-state index in [1.807, 2.05) is 0 Å². The first-order valence-corrected chi connectivity index (χ1v) is 5.88. The molecule has 0 saturated heterocycles. The van der Waals surface area contributed by atoms with Crippen LogP contribution in [0.2, 0.25) is 0 Å². The van der Waals surface area contributed by atoms with Crippen LogP contribution >= 0.6 is 45.2 Å². The van der Waals surface area contributed by atoms with Crippen LogP contribution in [0.3, 0.4) is 0 Å². The Balaban J connectivity index is 2.88. The highest BCUT2D eigenvalue weighted by Gasteiger charge is 1.99. The Morgan fingerprint density at radius 1 is 1.44 bits per heavy atom. The molecule has 0 aliphatic rings. The van der Waals surface area contributed by atoms with Gasteiger partial charge in [-0.25, -0.2) is 0 Å². The SMILES string of the molecule is CCCCCC(I)[CH]I. The van der Waals surface area contributed by atoms with Crippen LogP contribution in [0.25, 0.3) is 0 Å². The average Bonchev–Trinajstić information content (AvgIpc) is 1.89. The van der Waals surface area contributed by atoms with Crippen LogP contribution < -0.4 is 0 Å². The van der Waals surface area contributed by atoms with Crippen molar-refractivity contribution in [2.45, 2.75) is 36.5 Å². The number of halogens is 2. The van der Waals surface area contributed by atoms with Crippen molar-refractivity contribution in [1.29, 1.82) is 0 Å². The Hall–Kier alpha value is 1.46. The van der Waals surface area contributed by atoms with E-state index in [9.17, 15) is 0 Å². The molecule has 0 N–H and O–H groups in total. The van der Waals surface area contributed by atoms with Gasteiger partial charge in [-0.2, -0.15) is 0 Å². The maximum atomic E-state index is 2.48. The standard InChI is InChI=1S/C7H13I2/c1-2-3-4-5-7(9)6-8/h6-7H,2-5H2,1H3. The van der Waals surface area contributed by atoms with Crippen molar-refractivity contribution in [3.63, 3.8) is 0 Å². The van der Waals surface area contributed by atoms with Crippen LogP contribution in [0, 0.1) is 4.43 Å². The van der Waals surface area contributed by atoms with Crippen LogP contribution in [-0.2, 0) is 0 Å². The molecule has 0 aromatic rings. The third kappa shape index (κ3) is 7.36. The van der Waals surface area contributed by atoms with Crippen LogP contribution in [0.4, 0.5) is 0 Å². The third-order valence-electron chi connectivity index (χ3n) is 1.22. The summed E-state index contributed by atoms with van der Waals surface area (Å²) in [6.07, 6.45) is 5.48. The molecular formula is C7H13I2. The van der Waals surface area contributed by atoms with Gasteiger partial charge in [0.05, 0.1) is 0 Å². The minimum absolute atomic E-state index is 0.787. The highest BCUT2D eigenvalue weighted by Crippen LogP contribution is 2.17. The highest BCUT2D eigenvalue weighted by atomic mass is 127. The zero-order valence-corrected chi connectivity index (χ0v) is 10.1. The Kier molecular flexibility index (Phi) is 8.79. The Morgan fingerprint density at radius 3 is 2.56 bits per heavy atom. The fourth-order valence-electron chi connectivity index (χ4n) is 0.652. The third-order valence-corrected chi connectivity index (χ3v) is 4.45. The van der Waals surface area contributed by atoms with Gasteiger partial charge < -0.3 is 0 Å². The molecule has 0 heterocycles. The Bertz CT molecular complexity index is 54.9. The van der Waals surface area contributed by atoms with Gasteiger partial charge in [-0.15, -0.1) is 0 Å². The predicted octanol–water partition coefficient (Wildman–Crippen LogP) is 3.97. The Labute approximate surface area is 85.5 Å². The molecule has 0 saturated carbocycles. The molecular weight excluding hydrogens is 338 g/mol. The molecule has 0 nitrogen and oxygen atoms in total. The second kappa shape index (κ2) is 7.57. The molecule has 9 heavy (non-hydrogen) atoms. The van der Waals surface area contributed by atoms with Gasteiger partial charge in [-0.05, 0) is 6.42 Å². The molecule has 1 unspecified atom stereocenters. The molecule has 0 fully saturated rings. The average molecular weight is 351 g/mol. The second-order valence-corrected chi connectivity index (χ2v) is 4.46. The lowest BCUT2D eigenvalue weighted by Crippen LogP contribution is -1.92. The Morgan fingerprint density at radius 2 is 2.11 bits per heavy atom. The molecule has 1 atom stereocenters. The summed E-state index contributed by atoms with van der Waals surface area (Å²) in [5.74, 6) is 0. The molecule has 0 bridgehead atoms. The van der Waals surface area contributed by atoms with E-state index in [0.29, 0.717) is 0 Å². The lowest BCUT2D eigenvalue weighted by molar-refractivity contribution is 0.686. The van der Waals surface area contributed by atoms with Crippen molar-refractivity contribution in [2.24, 2.45) is 0 Å². The summed E-state index contributed by atoms with van der Waals surface area (Å²) >= 11 is 4.81. The molecule has 0 spiro atoms. The van der Waals surface area contributed by atoms with Gasteiger partial charge in [0, 0.05) is 8.35 Å². The van der Waals surface area contributed by atoms with Crippen LogP contribution in [0.1, 0.15) is 32.6 Å². The summed E-state index contributed by atoms with van der Waals surface area (Å²) in [6, 6.07) is 0. The van der Waals surface area contributed by atoms with E-state index in [1.54, 1.807) is 0 Å². The number of hydrogen-bond donors (Lipinski definition) is 0. The topological polar surface area (TPSA) is 0 Å². The van der Waals surface area contributed by atoms with Crippen LogP contribution in [-0.4, -0.2) is 3.92 Å². The minimum Gasteiger partial charge on any atom is -0.0814 e. The van der Waals surface area contributed by atoms with Gasteiger partial charge in [0.25, 0.3) is 0 Å². The largest absolute Gasteiger partial charge is 0.0814 e. The van der Waals surface area contributed by atoms with E-state index in [-0.39, 0.29) is 0 Å². The molecule has 0 aliphatic carbocycles. The first-order valence-electron chi connectivity index (χ1n) is 3.39. The van der Waals surface area contributed by atoms with E-state index in [1.165, 1.54) is 25.7 Å². The molecule has 0 rings (SSSR count). The predicted molar refractivity (Wildman–Crippen MR) is 60.3 cm³/mol. The highest BCUT2D eigenvalue weighted by molar-refractivity contribution is 14.1. The number of hydrogen-bond acceptors (Lipinski definition) is 0. The van der Waals surface area contributed by atoms with Crippen molar-refractivity contribution in [1.82, 2.24) is 0 Å². The molecule has 0 aliphatic heterocycles. The van der Waals surface area contributed by atoms with Crippen LogP contribution in [0.5, 0.6) is 0 Å². The zero-order valence-electron chi connectivity index (χ0n) is 5.74. The number of alkyl halides is 1. The fourth-order valence-corrected chi connectivity index (χ4v) is 1.45. The van der Waals surface area contributed by atoms with Crippen molar-refractivity contribution in [3.8, 4) is 0 Å². The fraction of sp³-hybridized carbons (Fsp3) is 0.857. The first-order chi connectivity index (χ1) is 4.31. The molecule has 2 heteroatoms. The summed E-state index contributed by atoms with van der Waals surface area (Å²) in [5, 5.41) is 0. The summed E-state index contributed by atoms with van der Waals surface area (Å²) in [7, 11) is 0. The molecule has 55 valence electrons. The first kappa shape index (κ1) is 10.5. The van der Waals surface area contributed by atoms with E-state index < -0.39 is 0 Å². The van der Waals surface area contributed by atoms with Crippen LogP contribution in [0.15, 0.2) is 0 Å². The van der Waals surface area contributed by atoms with Gasteiger partial charge in [0.2, 0.25) is 0 Å². The summed E-state index contributed by atoms with van der Waals surface area (Å²) in [5.41, 5.74) is 0. The van der Waals surface area contributed by atoms with E-state index in [4.69, 9.17) is 0 Å². The van der Waals surface area contributed by atoms with Gasteiger partial charge in [-0.3, -0.25) is 0 Å². The van der Waals surface area contributed by atoms with Crippen molar-refractivity contribution in [2.75, 3.05) is 0 Å². The lowest BCUT2D eigenvalue weighted by atomic mass is 10.2. The lowest BCUT2D eigenvalue weighted by Gasteiger charge is -2.02. The van der Waals surface area contributed by atoms with Gasteiger partial charge in [0.1, 0.15) is 0 Å². The second-order valence-electron chi connectivity index (χ2n) is 2.14. The summed E-state index contributed by atoms with van der Waals surface area (Å²) in [6.45, 7) is 2.25. The molecule has 0 aromatic heterocycles. The zero-order chi connectivity index (χ0) is 7.11. The van der Waals surface area contributed by atoms with E-state index in [0.717, 1.165) is 3.92 Å². The summed E-state index contributed by atoms with van der Waals surface area (Å²) in [4.78, 5) is 0. The summed E-state index contributed by atoms with van der Waals surface area (Å²) < 4.78 is 3.03. The normalized spacial score (nSPS) is 13.7. The van der Waals surface area contributed by atoms with Gasteiger partial charge >= 0.3 is 0 Å². The van der Waals surface area contributed by atoms with Crippen molar-refractivity contribution < 1.29 is 0 Å². The van der Waals surface area contributed by atoms with E-state index in [2.05, 4.69) is 56.5 Å². The minimum atomic E-state index is 0.787. The van der Waals surface area contributed by atoms with E-state index >= 15 is 0 Å². The van der Waals surface area contributed by atoms with Gasteiger partial charge in [0.15, 0.2) is 0 Å². The number of unbranched alkanes of at least 4 members (excludes halogenated alkanes) is 2. The maximum absolute atomic E-state index is 2.48. The quantitative estimate of drug-likeness (QED) is 0.400. The molecule has 1 radical (unpaired) electrons. The maximum Gasteiger partial charge on any atom is 0.0355 e. The number of rotatable bonds is 5. The molecule has 0 aromatic carbocycles. The van der Waals surface area contributed by atoms with Crippen molar-refractivity contribution >= 4 is 45.2 Å². The monoisotopic (exact) mass is 351 g/mol. The van der Waals surface area contributed by atoms with Crippen molar-refractivity contribution in [3.05, 3.63) is 4.43 Å².